The lowest BCUT2D eigenvalue weighted by atomic mass is 9.89. The molecular weight excluding hydrogens is 328 g/mol. The zero-order valence-electron chi connectivity index (χ0n) is 13.0. The van der Waals surface area contributed by atoms with Crippen LogP contribution in [0, 0.1) is 6.92 Å². The van der Waals surface area contributed by atoms with E-state index in [0.717, 1.165) is 17.9 Å². The Balaban J connectivity index is 1.81. The standard InChI is InChI=1S/C18H17ClN2OS/c1-11-6-7-16-14(8-11)15-10-18(2,22-16)21(17(23)20-15)13-5-3-4-12(19)9-13/h3-9,15H,10H2,1-2H3,(H,20,23). The first-order chi connectivity index (χ1) is 11.0. The Labute approximate surface area is 146 Å². The van der Waals surface area contributed by atoms with E-state index in [-0.39, 0.29) is 6.04 Å². The van der Waals surface area contributed by atoms with Crippen LogP contribution < -0.4 is 15.0 Å². The van der Waals surface area contributed by atoms with Crippen LogP contribution in [0.4, 0.5) is 5.69 Å². The second-order valence-electron chi connectivity index (χ2n) is 6.34. The molecule has 2 aliphatic rings. The van der Waals surface area contributed by atoms with Gasteiger partial charge in [-0.2, -0.15) is 0 Å². The molecule has 2 unspecified atom stereocenters. The maximum Gasteiger partial charge on any atom is 0.188 e. The van der Waals surface area contributed by atoms with Gasteiger partial charge in [-0.1, -0.05) is 35.4 Å². The van der Waals surface area contributed by atoms with E-state index in [1.165, 1.54) is 11.1 Å². The summed E-state index contributed by atoms with van der Waals surface area (Å²) in [4.78, 5) is 2.02. The Morgan fingerprint density at radius 2 is 2.13 bits per heavy atom. The molecule has 0 radical (unpaired) electrons. The van der Waals surface area contributed by atoms with Gasteiger partial charge in [-0.05, 0) is 50.3 Å². The fourth-order valence-corrected chi connectivity index (χ4v) is 4.13. The van der Waals surface area contributed by atoms with Crippen molar-refractivity contribution in [1.29, 1.82) is 0 Å². The molecule has 1 N–H and O–H groups in total. The molecule has 23 heavy (non-hydrogen) atoms. The van der Waals surface area contributed by atoms with Crippen molar-refractivity contribution in [3.63, 3.8) is 0 Å². The topological polar surface area (TPSA) is 24.5 Å². The number of hydrogen-bond donors (Lipinski definition) is 1. The fraction of sp³-hybridized carbons (Fsp3) is 0.278. The second kappa shape index (κ2) is 5.11. The third kappa shape index (κ3) is 2.37. The average molecular weight is 345 g/mol. The van der Waals surface area contributed by atoms with Crippen molar-refractivity contribution >= 4 is 34.6 Å². The summed E-state index contributed by atoms with van der Waals surface area (Å²) >= 11 is 11.8. The molecule has 1 saturated heterocycles. The first-order valence-electron chi connectivity index (χ1n) is 7.62. The first kappa shape index (κ1) is 14.8. The largest absolute Gasteiger partial charge is 0.467 e. The molecule has 2 heterocycles. The number of thiocarbonyl (C=S) groups is 1. The lowest BCUT2D eigenvalue weighted by molar-refractivity contribution is 0.0497. The number of nitrogens with zero attached hydrogens (tertiary/aromatic N) is 1. The summed E-state index contributed by atoms with van der Waals surface area (Å²) in [5.74, 6) is 0.913. The molecular formula is C18H17ClN2OS. The first-order valence-corrected chi connectivity index (χ1v) is 8.41. The number of ether oxygens (including phenoxy) is 1. The number of halogens is 1. The van der Waals surface area contributed by atoms with Gasteiger partial charge in [0.15, 0.2) is 10.8 Å². The molecule has 2 bridgehead atoms. The van der Waals surface area contributed by atoms with Crippen molar-refractivity contribution in [2.75, 3.05) is 4.90 Å². The summed E-state index contributed by atoms with van der Waals surface area (Å²) in [6, 6.07) is 14.2. The van der Waals surface area contributed by atoms with Crippen molar-refractivity contribution in [2.24, 2.45) is 0 Å². The van der Waals surface area contributed by atoms with Gasteiger partial charge in [0.2, 0.25) is 0 Å². The van der Waals surface area contributed by atoms with E-state index >= 15 is 0 Å². The van der Waals surface area contributed by atoms with E-state index in [1.54, 1.807) is 0 Å². The number of hydrogen-bond acceptors (Lipinski definition) is 2. The third-order valence-corrected chi connectivity index (χ3v) is 5.03. The van der Waals surface area contributed by atoms with Gasteiger partial charge >= 0.3 is 0 Å². The van der Waals surface area contributed by atoms with Gasteiger partial charge in [0.1, 0.15) is 5.75 Å². The zero-order chi connectivity index (χ0) is 16.2. The molecule has 0 saturated carbocycles. The molecule has 0 aliphatic carbocycles. The maximum absolute atomic E-state index is 6.38. The second-order valence-corrected chi connectivity index (χ2v) is 7.16. The summed E-state index contributed by atoms with van der Waals surface area (Å²) in [6.07, 6.45) is 0.816. The molecule has 2 atom stereocenters. The lowest BCUT2D eigenvalue weighted by Crippen LogP contribution is -2.65. The van der Waals surface area contributed by atoms with E-state index in [1.807, 2.05) is 35.2 Å². The predicted octanol–water partition coefficient (Wildman–Crippen LogP) is 4.58. The molecule has 1 fully saturated rings. The molecule has 118 valence electrons. The maximum atomic E-state index is 6.38. The van der Waals surface area contributed by atoms with Crippen LogP contribution in [-0.2, 0) is 0 Å². The molecule has 0 aromatic heterocycles. The van der Waals surface area contributed by atoms with Gasteiger partial charge in [0.05, 0.1) is 6.04 Å². The predicted molar refractivity (Wildman–Crippen MR) is 97.2 cm³/mol. The normalized spacial score (nSPS) is 25.4. The van der Waals surface area contributed by atoms with Gasteiger partial charge in [-0.3, -0.25) is 4.90 Å². The van der Waals surface area contributed by atoms with Gasteiger partial charge in [-0.25, -0.2) is 0 Å². The lowest BCUT2D eigenvalue weighted by Gasteiger charge is -2.52. The van der Waals surface area contributed by atoms with Gasteiger partial charge in [-0.15, -0.1) is 0 Å². The minimum Gasteiger partial charge on any atom is -0.467 e. The Morgan fingerprint density at radius 3 is 2.91 bits per heavy atom. The fourth-order valence-electron chi connectivity index (χ4n) is 3.50. The summed E-state index contributed by atoms with van der Waals surface area (Å²) in [7, 11) is 0. The summed E-state index contributed by atoms with van der Waals surface area (Å²) in [6.45, 7) is 4.17. The van der Waals surface area contributed by atoms with Crippen LogP contribution >= 0.6 is 23.8 Å². The third-order valence-electron chi connectivity index (χ3n) is 4.49. The van der Waals surface area contributed by atoms with Crippen LogP contribution in [0.1, 0.15) is 30.5 Å². The van der Waals surface area contributed by atoms with E-state index in [9.17, 15) is 0 Å². The van der Waals surface area contributed by atoms with Crippen molar-refractivity contribution in [3.05, 3.63) is 58.6 Å². The minimum absolute atomic E-state index is 0.173. The molecule has 0 amide bonds. The van der Waals surface area contributed by atoms with Crippen molar-refractivity contribution < 1.29 is 4.74 Å². The van der Waals surface area contributed by atoms with E-state index < -0.39 is 5.72 Å². The Bertz CT molecular complexity index is 809. The monoisotopic (exact) mass is 344 g/mol. The number of rotatable bonds is 1. The van der Waals surface area contributed by atoms with Crippen LogP contribution in [0.5, 0.6) is 5.75 Å². The smallest absolute Gasteiger partial charge is 0.188 e. The molecule has 0 spiro atoms. The highest BCUT2D eigenvalue weighted by Crippen LogP contribution is 2.45. The van der Waals surface area contributed by atoms with E-state index in [4.69, 9.17) is 28.6 Å². The van der Waals surface area contributed by atoms with E-state index in [0.29, 0.717) is 10.1 Å². The van der Waals surface area contributed by atoms with Crippen molar-refractivity contribution in [1.82, 2.24) is 5.32 Å². The molecule has 3 nitrogen and oxygen atoms in total. The SMILES string of the molecule is Cc1ccc2c(c1)C1CC(C)(O2)N(c2cccc(Cl)c2)C(=S)N1. The quantitative estimate of drug-likeness (QED) is 0.765. The highest BCUT2D eigenvalue weighted by Gasteiger charge is 2.48. The average Bonchev–Trinajstić information content (AvgIpc) is 2.47. The van der Waals surface area contributed by atoms with Crippen LogP contribution in [0.3, 0.4) is 0 Å². The van der Waals surface area contributed by atoms with Gasteiger partial charge in [0.25, 0.3) is 0 Å². The Morgan fingerprint density at radius 1 is 1.30 bits per heavy atom. The minimum atomic E-state index is -0.528. The highest BCUT2D eigenvalue weighted by atomic mass is 35.5. The van der Waals surface area contributed by atoms with Crippen molar-refractivity contribution in [3.8, 4) is 5.75 Å². The zero-order valence-corrected chi connectivity index (χ0v) is 14.5. The van der Waals surface area contributed by atoms with Gasteiger partial charge < -0.3 is 10.1 Å². The molecule has 2 aromatic carbocycles. The molecule has 2 aromatic rings. The Hall–Kier alpha value is -1.78. The Kier molecular flexibility index (Phi) is 3.29. The number of aryl methyl sites for hydroxylation is 1. The van der Waals surface area contributed by atoms with Crippen LogP contribution in [-0.4, -0.2) is 10.8 Å². The van der Waals surface area contributed by atoms with Crippen LogP contribution in [0.25, 0.3) is 0 Å². The molecule has 5 heteroatoms. The highest BCUT2D eigenvalue weighted by molar-refractivity contribution is 7.80. The van der Waals surface area contributed by atoms with Gasteiger partial charge in [0, 0.05) is 22.7 Å². The molecule has 4 rings (SSSR count). The molecule has 2 aliphatic heterocycles. The van der Waals surface area contributed by atoms with Crippen LogP contribution in [0.2, 0.25) is 5.02 Å². The summed E-state index contributed by atoms with van der Waals surface area (Å²) < 4.78 is 6.38. The number of benzene rings is 2. The summed E-state index contributed by atoms with van der Waals surface area (Å²) in [5, 5.41) is 4.81. The summed E-state index contributed by atoms with van der Waals surface area (Å²) in [5.41, 5.74) is 2.81. The van der Waals surface area contributed by atoms with E-state index in [2.05, 4.69) is 31.3 Å². The number of nitrogens with one attached hydrogen (secondary N) is 1. The van der Waals surface area contributed by atoms with Crippen molar-refractivity contribution in [2.45, 2.75) is 32.0 Å². The number of anilines is 1. The van der Waals surface area contributed by atoms with Crippen LogP contribution in [0.15, 0.2) is 42.5 Å². The number of fused-ring (bicyclic) bond motifs is 4.